The summed E-state index contributed by atoms with van der Waals surface area (Å²) in [6.45, 7) is 9.90. The Balaban J connectivity index is 3.62. The Morgan fingerprint density at radius 1 is 0.947 bits per heavy atom. The number of amides is 2. The summed E-state index contributed by atoms with van der Waals surface area (Å²) in [4.78, 5) is 22.9. The quantitative estimate of drug-likeness (QED) is 0.643. The normalized spacial score (nSPS) is 12.6. The average molecular weight is 306 g/mol. The van der Waals surface area contributed by atoms with E-state index in [9.17, 15) is 9.59 Å². The molecular weight excluding hydrogens is 280 g/mol. The van der Waals surface area contributed by atoms with Gasteiger partial charge in [-0.2, -0.15) is 0 Å². The van der Waals surface area contributed by atoms with Crippen LogP contribution in [-0.4, -0.2) is 34.9 Å². The molecule has 0 aliphatic heterocycles. The summed E-state index contributed by atoms with van der Waals surface area (Å²) in [5.74, 6) is 0.632. The Morgan fingerprint density at radius 2 is 1.47 bits per heavy atom. The van der Waals surface area contributed by atoms with Crippen LogP contribution < -0.4 is 10.6 Å². The van der Waals surface area contributed by atoms with Crippen molar-refractivity contribution in [2.24, 2.45) is 0 Å². The molecule has 0 saturated carbocycles. The molecule has 0 saturated heterocycles. The molecule has 0 bridgehead atoms. The molecule has 4 nitrogen and oxygen atoms in total. The molecule has 0 fully saturated rings. The van der Waals surface area contributed by atoms with E-state index in [0.717, 1.165) is 6.42 Å². The minimum Gasteiger partial charge on any atom is -0.354 e. The second-order valence-corrected chi connectivity index (χ2v) is 7.96. The number of rotatable bonds is 9. The fourth-order valence-electron chi connectivity index (χ4n) is 1.34. The van der Waals surface area contributed by atoms with Crippen LogP contribution in [0.15, 0.2) is 0 Å². The van der Waals surface area contributed by atoms with Crippen molar-refractivity contribution >= 4 is 33.4 Å². The lowest BCUT2D eigenvalue weighted by atomic mass is 10.2. The second kappa shape index (κ2) is 10.4. The molecule has 2 N–H and O–H groups in total. The number of nitrogens with one attached hydrogen (secondary N) is 2. The van der Waals surface area contributed by atoms with E-state index in [1.807, 2.05) is 27.7 Å². The van der Waals surface area contributed by atoms with Crippen LogP contribution in [-0.2, 0) is 9.59 Å². The molecule has 112 valence electrons. The van der Waals surface area contributed by atoms with Gasteiger partial charge in [0.15, 0.2) is 0 Å². The molecule has 0 rings (SSSR count). The zero-order valence-electron chi connectivity index (χ0n) is 12.5. The van der Waals surface area contributed by atoms with E-state index < -0.39 is 0 Å². The van der Waals surface area contributed by atoms with Gasteiger partial charge in [0.05, 0.1) is 5.75 Å². The summed E-state index contributed by atoms with van der Waals surface area (Å²) >= 11 is 0. The van der Waals surface area contributed by atoms with E-state index in [-0.39, 0.29) is 23.9 Å². The molecule has 2 amide bonds. The van der Waals surface area contributed by atoms with Gasteiger partial charge >= 0.3 is 0 Å². The van der Waals surface area contributed by atoms with Gasteiger partial charge in [-0.1, -0.05) is 28.5 Å². The van der Waals surface area contributed by atoms with Crippen LogP contribution in [0.3, 0.4) is 0 Å². The van der Waals surface area contributed by atoms with Gasteiger partial charge < -0.3 is 10.6 Å². The standard InChI is InChI=1S/C13H26N2O2S2/c1-9(2)14-12(16)7-6-11(5)19-18-8-13(17)15-10(3)4/h9-11H,6-8H2,1-5H3,(H,14,16)(H,15,17). The van der Waals surface area contributed by atoms with Crippen molar-refractivity contribution in [3.05, 3.63) is 0 Å². The van der Waals surface area contributed by atoms with Crippen molar-refractivity contribution in [2.45, 2.75) is 64.8 Å². The van der Waals surface area contributed by atoms with Crippen LogP contribution in [0.2, 0.25) is 0 Å². The van der Waals surface area contributed by atoms with Crippen molar-refractivity contribution < 1.29 is 9.59 Å². The predicted octanol–water partition coefficient (Wildman–Crippen LogP) is 2.59. The molecular formula is C13H26N2O2S2. The third-order valence-corrected chi connectivity index (χ3v) is 4.93. The van der Waals surface area contributed by atoms with Crippen LogP contribution in [0.5, 0.6) is 0 Å². The lowest BCUT2D eigenvalue weighted by Gasteiger charge is -2.12. The van der Waals surface area contributed by atoms with Crippen molar-refractivity contribution in [1.29, 1.82) is 0 Å². The second-order valence-electron chi connectivity index (χ2n) is 5.15. The molecule has 1 atom stereocenters. The van der Waals surface area contributed by atoms with E-state index in [1.165, 1.54) is 0 Å². The fourth-order valence-corrected chi connectivity index (χ4v) is 3.56. The largest absolute Gasteiger partial charge is 0.354 e. The fraction of sp³-hybridized carbons (Fsp3) is 0.846. The summed E-state index contributed by atoms with van der Waals surface area (Å²) in [6.07, 6.45) is 1.38. The Bertz CT molecular complexity index is 284. The highest BCUT2D eigenvalue weighted by atomic mass is 33.1. The minimum absolute atomic E-state index is 0.0669. The van der Waals surface area contributed by atoms with Crippen LogP contribution in [0.1, 0.15) is 47.5 Å². The first-order chi connectivity index (χ1) is 8.81. The van der Waals surface area contributed by atoms with Crippen molar-refractivity contribution in [2.75, 3.05) is 5.75 Å². The maximum Gasteiger partial charge on any atom is 0.231 e. The Labute approximate surface area is 124 Å². The maximum atomic E-state index is 11.5. The topological polar surface area (TPSA) is 58.2 Å². The van der Waals surface area contributed by atoms with Gasteiger partial charge in [0.1, 0.15) is 0 Å². The summed E-state index contributed by atoms with van der Waals surface area (Å²) in [7, 11) is 3.22. The lowest BCUT2D eigenvalue weighted by molar-refractivity contribution is -0.121. The lowest BCUT2D eigenvalue weighted by Crippen LogP contribution is -2.31. The Hall–Kier alpha value is -0.360. The summed E-state index contributed by atoms with van der Waals surface area (Å²) < 4.78 is 0. The first-order valence-electron chi connectivity index (χ1n) is 6.68. The minimum atomic E-state index is 0.0669. The van der Waals surface area contributed by atoms with E-state index >= 15 is 0 Å². The average Bonchev–Trinajstić information content (AvgIpc) is 2.24. The third kappa shape index (κ3) is 12.4. The molecule has 0 aromatic carbocycles. The van der Waals surface area contributed by atoms with Gasteiger partial charge in [-0.15, -0.1) is 0 Å². The molecule has 0 heterocycles. The van der Waals surface area contributed by atoms with Crippen LogP contribution >= 0.6 is 21.6 Å². The van der Waals surface area contributed by atoms with Crippen LogP contribution in [0.4, 0.5) is 0 Å². The molecule has 0 spiro atoms. The van der Waals surface area contributed by atoms with E-state index in [0.29, 0.717) is 17.4 Å². The zero-order valence-corrected chi connectivity index (χ0v) is 14.1. The summed E-state index contributed by atoms with van der Waals surface area (Å²) in [5, 5.41) is 6.10. The first-order valence-corrected chi connectivity index (χ1v) is 9.06. The highest BCUT2D eigenvalue weighted by Crippen LogP contribution is 2.28. The molecule has 6 heteroatoms. The van der Waals surface area contributed by atoms with Crippen molar-refractivity contribution in [3.8, 4) is 0 Å². The summed E-state index contributed by atoms with van der Waals surface area (Å²) in [6, 6.07) is 0.389. The van der Waals surface area contributed by atoms with E-state index in [4.69, 9.17) is 0 Å². The van der Waals surface area contributed by atoms with Gasteiger partial charge in [0, 0.05) is 23.8 Å². The van der Waals surface area contributed by atoms with Gasteiger partial charge in [-0.05, 0) is 34.1 Å². The highest BCUT2D eigenvalue weighted by molar-refractivity contribution is 8.77. The molecule has 0 aliphatic carbocycles. The highest BCUT2D eigenvalue weighted by Gasteiger charge is 2.10. The van der Waals surface area contributed by atoms with Gasteiger partial charge in [-0.3, -0.25) is 9.59 Å². The zero-order chi connectivity index (χ0) is 14.8. The molecule has 0 aromatic heterocycles. The molecule has 0 aromatic rings. The predicted molar refractivity (Wildman–Crippen MR) is 85.3 cm³/mol. The van der Waals surface area contributed by atoms with Crippen molar-refractivity contribution in [3.63, 3.8) is 0 Å². The van der Waals surface area contributed by atoms with Gasteiger partial charge in [0.2, 0.25) is 11.8 Å². The maximum absolute atomic E-state index is 11.5. The molecule has 0 radical (unpaired) electrons. The number of carbonyl (C=O) groups is 2. The molecule has 0 aliphatic rings. The third-order valence-electron chi connectivity index (χ3n) is 2.10. The number of hydrogen-bond donors (Lipinski definition) is 2. The SMILES string of the molecule is CC(C)NC(=O)CCC(C)SSCC(=O)NC(C)C. The molecule has 1 unspecified atom stereocenters. The number of hydrogen-bond acceptors (Lipinski definition) is 4. The van der Waals surface area contributed by atoms with Gasteiger partial charge in [0.25, 0.3) is 0 Å². The van der Waals surface area contributed by atoms with E-state index in [2.05, 4.69) is 17.6 Å². The molecule has 19 heavy (non-hydrogen) atoms. The van der Waals surface area contributed by atoms with E-state index in [1.54, 1.807) is 21.6 Å². The smallest absolute Gasteiger partial charge is 0.231 e. The Kier molecular flexibility index (Phi) is 10.2. The monoisotopic (exact) mass is 306 g/mol. The summed E-state index contributed by atoms with van der Waals surface area (Å²) in [5.41, 5.74) is 0. The van der Waals surface area contributed by atoms with Crippen molar-refractivity contribution in [1.82, 2.24) is 10.6 Å². The van der Waals surface area contributed by atoms with Crippen LogP contribution in [0, 0.1) is 0 Å². The van der Waals surface area contributed by atoms with Gasteiger partial charge in [-0.25, -0.2) is 0 Å². The van der Waals surface area contributed by atoms with Crippen LogP contribution in [0.25, 0.3) is 0 Å². The Morgan fingerprint density at radius 3 is 2.00 bits per heavy atom. The first kappa shape index (κ1) is 18.6. The number of carbonyl (C=O) groups excluding carboxylic acids is 2.